The minimum Gasteiger partial charge on any atom is -0.506 e. The molecule has 1 amide bonds. The van der Waals surface area contributed by atoms with Crippen molar-refractivity contribution in [3.05, 3.63) is 66.3 Å². The van der Waals surface area contributed by atoms with E-state index in [1.54, 1.807) is 6.07 Å². The quantitative estimate of drug-likeness (QED) is 0.341. The molecule has 0 aromatic heterocycles. The smallest absolute Gasteiger partial charge is 0.262 e. The van der Waals surface area contributed by atoms with E-state index < -0.39 is 5.91 Å². The van der Waals surface area contributed by atoms with Gasteiger partial charge < -0.3 is 10.4 Å². The van der Waals surface area contributed by atoms with E-state index in [1.165, 1.54) is 6.08 Å². The van der Waals surface area contributed by atoms with Crippen LogP contribution in [0.4, 0.5) is 0 Å². The van der Waals surface area contributed by atoms with E-state index in [9.17, 15) is 15.2 Å². The zero-order valence-electron chi connectivity index (χ0n) is 12.8. The largest absolute Gasteiger partial charge is 0.506 e. The number of amides is 1. The van der Waals surface area contributed by atoms with E-state index in [2.05, 4.69) is 27.9 Å². The first kappa shape index (κ1) is 18.7. The van der Waals surface area contributed by atoms with Crippen molar-refractivity contribution in [2.45, 2.75) is 13.0 Å². The van der Waals surface area contributed by atoms with Crippen LogP contribution in [-0.2, 0) is 4.79 Å². The molecule has 0 bridgehead atoms. The molecule has 0 aliphatic rings. The van der Waals surface area contributed by atoms with E-state index in [-0.39, 0.29) is 17.4 Å². The Morgan fingerprint density at radius 3 is 2.58 bits per heavy atom. The van der Waals surface area contributed by atoms with Crippen molar-refractivity contribution in [3.63, 3.8) is 0 Å². The molecule has 2 N–H and O–H groups in total. The maximum Gasteiger partial charge on any atom is 0.262 e. The third-order valence-electron chi connectivity index (χ3n) is 3.37. The van der Waals surface area contributed by atoms with Crippen molar-refractivity contribution in [1.29, 1.82) is 5.26 Å². The van der Waals surface area contributed by atoms with Crippen molar-refractivity contribution >= 4 is 57.2 Å². The minimum absolute atomic E-state index is 0.0501. The highest BCUT2D eigenvalue weighted by atomic mass is 127. The van der Waals surface area contributed by atoms with Crippen molar-refractivity contribution in [3.8, 4) is 11.8 Å². The first-order valence-corrected chi connectivity index (χ1v) is 9.23. The van der Waals surface area contributed by atoms with Crippen LogP contribution in [0.1, 0.15) is 24.1 Å². The van der Waals surface area contributed by atoms with Gasteiger partial charge in [0.25, 0.3) is 5.91 Å². The van der Waals surface area contributed by atoms with Gasteiger partial charge in [0.1, 0.15) is 17.4 Å². The number of carbonyl (C=O) groups is 1. The second-order valence-electron chi connectivity index (χ2n) is 5.10. The van der Waals surface area contributed by atoms with Crippen molar-refractivity contribution in [2.75, 3.05) is 0 Å². The van der Waals surface area contributed by atoms with Gasteiger partial charge in [-0.3, -0.25) is 4.79 Å². The summed E-state index contributed by atoms with van der Waals surface area (Å²) in [5.41, 5.74) is 1.35. The summed E-state index contributed by atoms with van der Waals surface area (Å²) < 4.78 is 1.58. The first-order chi connectivity index (χ1) is 11.4. The lowest BCUT2D eigenvalue weighted by Crippen LogP contribution is -2.27. The summed E-state index contributed by atoms with van der Waals surface area (Å²) >= 11 is 4.13. The maximum atomic E-state index is 12.4. The Hall–Kier alpha value is -1.60. The minimum atomic E-state index is -0.470. The van der Waals surface area contributed by atoms with Gasteiger partial charge in [0, 0.05) is 9.13 Å². The Labute approximate surface area is 167 Å². The lowest BCUT2D eigenvalue weighted by atomic mass is 10.1. The van der Waals surface area contributed by atoms with Crippen LogP contribution in [0, 0.1) is 18.5 Å². The number of hydrogen-bond acceptors (Lipinski definition) is 3. The van der Waals surface area contributed by atoms with E-state index >= 15 is 0 Å². The van der Waals surface area contributed by atoms with E-state index in [0.717, 1.165) is 9.13 Å². The van der Waals surface area contributed by atoms with Crippen LogP contribution in [0.2, 0.25) is 0 Å². The topological polar surface area (TPSA) is 73.1 Å². The molecule has 0 aliphatic carbocycles. The molecule has 0 unspecified atom stereocenters. The highest BCUT2D eigenvalue weighted by Crippen LogP contribution is 2.28. The molecule has 0 radical (unpaired) electrons. The molecule has 0 fully saturated rings. The van der Waals surface area contributed by atoms with Gasteiger partial charge >= 0.3 is 0 Å². The Morgan fingerprint density at radius 2 is 1.96 bits per heavy atom. The van der Waals surface area contributed by atoms with Crippen LogP contribution in [0.15, 0.2) is 48.0 Å². The summed E-state index contributed by atoms with van der Waals surface area (Å²) in [5, 5.41) is 22.2. The van der Waals surface area contributed by atoms with Gasteiger partial charge in [0.15, 0.2) is 0 Å². The summed E-state index contributed by atoms with van der Waals surface area (Å²) in [6.07, 6.45) is 1.41. The lowest BCUT2D eigenvalue weighted by molar-refractivity contribution is -0.117. The summed E-state index contributed by atoms with van der Waals surface area (Å²) in [6.45, 7) is 1.86. The third-order valence-corrected chi connectivity index (χ3v) is 4.81. The number of aromatic hydroxyl groups is 1. The van der Waals surface area contributed by atoms with Gasteiger partial charge in [-0.15, -0.1) is 0 Å². The molecule has 2 rings (SSSR count). The average molecular weight is 544 g/mol. The van der Waals surface area contributed by atoms with Crippen LogP contribution in [0.25, 0.3) is 6.08 Å². The molecular formula is C18H14I2N2O2. The second-order valence-corrected chi connectivity index (χ2v) is 7.51. The van der Waals surface area contributed by atoms with Crippen LogP contribution in [0.5, 0.6) is 5.75 Å². The summed E-state index contributed by atoms with van der Waals surface area (Å²) in [5.74, 6) is -0.408. The van der Waals surface area contributed by atoms with Gasteiger partial charge in [0.05, 0.1) is 9.61 Å². The van der Waals surface area contributed by atoms with Crippen molar-refractivity contribution < 1.29 is 9.90 Å². The fraction of sp³-hybridized carbons (Fsp3) is 0.111. The summed E-state index contributed by atoms with van der Waals surface area (Å²) in [7, 11) is 0. The van der Waals surface area contributed by atoms with Gasteiger partial charge in [-0.2, -0.15) is 5.26 Å². The number of benzene rings is 2. The maximum absolute atomic E-state index is 12.4. The lowest BCUT2D eigenvalue weighted by Gasteiger charge is -2.14. The molecule has 0 heterocycles. The predicted octanol–water partition coefficient (Wildman–Crippen LogP) is 4.39. The molecule has 2 aromatic carbocycles. The number of halogens is 2. The number of rotatable bonds is 4. The first-order valence-electron chi connectivity index (χ1n) is 7.08. The molecule has 4 nitrogen and oxygen atoms in total. The highest BCUT2D eigenvalue weighted by Gasteiger charge is 2.15. The highest BCUT2D eigenvalue weighted by molar-refractivity contribution is 14.1. The summed E-state index contributed by atoms with van der Waals surface area (Å²) in [6, 6.07) is 14.7. The number of nitrogens with zero attached hydrogens (tertiary/aromatic N) is 1. The zero-order valence-corrected chi connectivity index (χ0v) is 17.1. The van der Waals surface area contributed by atoms with Crippen LogP contribution < -0.4 is 5.32 Å². The Bertz CT molecular complexity index is 827. The number of nitriles is 1. The monoisotopic (exact) mass is 544 g/mol. The molecular weight excluding hydrogens is 530 g/mol. The number of phenols is 1. The van der Waals surface area contributed by atoms with Crippen molar-refractivity contribution in [1.82, 2.24) is 5.32 Å². The van der Waals surface area contributed by atoms with Crippen LogP contribution in [0.3, 0.4) is 0 Å². The van der Waals surface area contributed by atoms with Gasteiger partial charge in [-0.05, 0) is 75.9 Å². The fourth-order valence-electron chi connectivity index (χ4n) is 2.10. The third kappa shape index (κ3) is 4.70. The standard InChI is InChI=1S/C18H14I2N2O2/c1-11(12-5-3-2-4-6-12)22-18(24)14(10-21)7-13-8-15(19)9-16(20)17(13)23/h2-9,11,23H,1H3,(H,22,24)/b14-7+/t11-/m0/s1. The van der Waals surface area contributed by atoms with E-state index in [4.69, 9.17) is 0 Å². The molecule has 0 saturated carbocycles. The number of hydrogen-bond donors (Lipinski definition) is 2. The van der Waals surface area contributed by atoms with Crippen LogP contribution >= 0.6 is 45.2 Å². The molecule has 0 spiro atoms. The SMILES string of the molecule is C[C@H](NC(=O)/C(C#N)=C/c1cc(I)cc(I)c1O)c1ccccc1. The Kier molecular flexibility index (Phi) is 6.62. The number of carbonyl (C=O) groups excluding carboxylic acids is 1. The second kappa shape index (κ2) is 8.48. The van der Waals surface area contributed by atoms with Gasteiger partial charge in [0.2, 0.25) is 0 Å². The van der Waals surface area contributed by atoms with E-state index in [0.29, 0.717) is 9.13 Å². The number of phenolic OH excluding ortho intramolecular Hbond substituents is 1. The predicted molar refractivity (Wildman–Crippen MR) is 110 cm³/mol. The molecule has 6 heteroatoms. The van der Waals surface area contributed by atoms with E-state index in [1.807, 2.05) is 72.0 Å². The molecule has 122 valence electrons. The molecule has 24 heavy (non-hydrogen) atoms. The summed E-state index contributed by atoms with van der Waals surface area (Å²) in [4.78, 5) is 12.4. The average Bonchev–Trinajstić information content (AvgIpc) is 2.57. The molecule has 0 aliphatic heterocycles. The molecule has 1 atom stereocenters. The Balaban J connectivity index is 2.25. The van der Waals surface area contributed by atoms with Gasteiger partial charge in [-0.1, -0.05) is 30.3 Å². The molecule has 2 aromatic rings. The van der Waals surface area contributed by atoms with Crippen LogP contribution in [-0.4, -0.2) is 11.0 Å². The van der Waals surface area contributed by atoms with Gasteiger partial charge in [-0.25, -0.2) is 0 Å². The molecule has 0 saturated heterocycles. The zero-order chi connectivity index (χ0) is 17.7. The van der Waals surface area contributed by atoms with Crippen molar-refractivity contribution in [2.24, 2.45) is 0 Å². The fourth-order valence-corrected chi connectivity index (χ4v) is 3.99. The normalized spacial score (nSPS) is 12.3. The Morgan fingerprint density at radius 1 is 1.29 bits per heavy atom. The number of nitrogens with one attached hydrogen (secondary N) is 1.